The maximum atomic E-state index is 9.70. The van der Waals surface area contributed by atoms with Gasteiger partial charge in [-0.1, -0.05) is 6.07 Å². The number of phenols is 1. The summed E-state index contributed by atoms with van der Waals surface area (Å²) in [5, 5.41) is 9.70. The van der Waals surface area contributed by atoms with Crippen molar-refractivity contribution in [1.82, 2.24) is 9.97 Å². The minimum Gasteiger partial charge on any atom is -0.504 e. The zero-order chi connectivity index (χ0) is 15.5. The number of nitrogens with zero attached hydrogens (tertiary/aromatic N) is 3. The second-order valence-electron chi connectivity index (χ2n) is 5.26. The van der Waals surface area contributed by atoms with E-state index in [9.17, 15) is 5.11 Å². The van der Waals surface area contributed by atoms with Crippen LogP contribution in [-0.2, 0) is 6.54 Å². The van der Waals surface area contributed by atoms with Crippen LogP contribution in [0.2, 0.25) is 0 Å². The molecule has 0 spiro atoms. The predicted octanol–water partition coefficient (Wildman–Crippen LogP) is 2.37. The molecular formula is C16H19N3O3. The van der Waals surface area contributed by atoms with Crippen molar-refractivity contribution in [3.63, 3.8) is 0 Å². The number of aromatic nitrogens is 2. The number of methoxy groups -OCH3 is 2. The van der Waals surface area contributed by atoms with Gasteiger partial charge in [-0.2, -0.15) is 4.98 Å². The second-order valence-corrected chi connectivity index (χ2v) is 5.26. The normalized spacial score (nSPS) is 13.7. The Morgan fingerprint density at radius 3 is 2.73 bits per heavy atom. The number of rotatable bonds is 6. The standard InChI is InChI=1S/C16H19N3O3/c1-21-14-9-11(3-6-13(14)20)10-19(12-4-5-12)16-17-8-7-15(18-16)22-2/h3,6-9,12,20H,4-5,10H2,1-2H3. The molecule has 0 aliphatic heterocycles. The highest BCUT2D eigenvalue weighted by Gasteiger charge is 2.31. The van der Waals surface area contributed by atoms with Crippen LogP contribution >= 0.6 is 0 Å². The van der Waals surface area contributed by atoms with Gasteiger partial charge < -0.3 is 19.5 Å². The van der Waals surface area contributed by atoms with Crippen LogP contribution in [-0.4, -0.2) is 35.3 Å². The van der Waals surface area contributed by atoms with Gasteiger partial charge in [-0.15, -0.1) is 0 Å². The first-order chi connectivity index (χ1) is 10.7. The van der Waals surface area contributed by atoms with Crippen molar-refractivity contribution < 1.29 is 14.6 Å². The van der Waals surface area contributed by atoms with Crippen LogP contribution in [0.25, 0.3) is 0 Å². The van der Waals surface area contributed by atoms with Gasteiger partial charge in [0.1, 0.15) is 0 Å². The van der Waals surface area contributed by atoms with E-state index in [1.54, 1.807) is 32.5 Å². The maximum absolute atomic E-state index is 9.70. The summed E-state index contributed by atoms with van der Waals surface area (Å²) in [6.07, 6.45) is 3.97. The van der Waals surface area contributed by atoms with Gasteiger partial charge in [0.15, 0.2) is 11.5 Å². The maximum Gasteiger partial charge on any atom is 0.229 e. The van der Waals surface area contributed by atoms with Crippen molar-refractivity contribution in [2.45, 2.75) is 25.4 Å². The zero-order valence-corrected chi connectivity index (χ0v) is 12.7. The molecule has 1 aromatic carbocycles. The highest BCUT2D eigenvalue weighted by molar-refractivity contribution is 5.44. The molecule has 0 amide bonds. The van der Waals surface area contributed by atoms with E-state index < -0.39 is 0 Å². The third kappa shape index (κ3) is 3.05. The van der Waals surface area contributed by atoms with Crippen LogP contribution in [0.5, 0.6) is 17.4 Å². The molecule has 6 heteroatoms. The number of aromatic hydroxyl groups is 1. The molecule has 3 rings (SSSR count). The van der Waals surface area contributed by atoms with Gasteiger partial charge in [0, 0.05) is 24.8 Å². The lowest BCUT2D eigenvalue weighted by molar-refractivity contribution is 0.373. The van der Waals surface area contributed by atoms with Gasteiger partial charge >= 0.3 is 0 Å². The molecular weight excluding hydrogens is 282 g/mol. The van der Waals surface area contributed by atoms with E-state index >= 15 is 0 Å². The van der Waals surface area contributed by atoms with Gasteiger partial charge in [0.05, 0.1) is 14.2 Å². The summed E-state index contributed by atoms with van der Waals surface area (Å²) in [6, 6.07) is 7.55. The number of phenolic OH excluding ortho intramolecular Hbond substituents is 1. The molecule has 0 radical (unpaired) electrons. The molecule has 1 aliphatic rings. The molecule has 1 saturated carbocycles. The van der Waals surface area contributed by atoms with Crippen molar-refractivity contribution in [2.24, 2.45) is 0 Å². The van der Waals surface area contributed by atoms with E-state index in [2.05, 4.69) is 14.9 Å². The van der Waals surface area contributed by atoms with Crippen LogP contribution in [0.15, 0.2) is 30.5 Å². The second kappa shape index (κ2) is 6.09. The third-order valence-electron chi connectivity index (χ3n) is 3.67. The fourth-order valence-corrected chi connectivity index (χ4v) is 2.35. The van der Waals surface area contributed by atoms with Gasteiger partial charge in [-0.25, -0.2) is 4.98 Å². The van der Waals surface area contributed by atoms with Crippen molar-refractivity contribution in [1.29, 1.82) is 0 Å². The Hall–Kier alpha value is -2.50. The van der Waals surface area contributed by atoms with Crippen LogP contribution in [0.4, 0.5) is 5.95 Å². The molecule has 1 aliphatic carbocycles. The Morgan fingerprint density at radius 2 is 2.05 bits per heavy atom. The highest BCUT2D eigenvalue weighted by atomic mass is 16.5. The SMILES string of the molecule is COc1ccnc(N(Cc2ccc(O)c(OC)c2)C2CC2)n1. The molecule has 0 saturated heterocycles. The summed E-state index contributed by atoms with van der Waals surface area (Å²) >= 11 is 0. The van der Waals surface area contributed by atoms with E-state index in [1.165, 1.54) is 0 Å². The molecule has 1 N–H and O–H groups in total. The number of hydrogen-bond acceptors (Lipinski definition) is 6. The Labute approximate surface area is 129 Å². The molecule has 0 unspecified atom stereocenters. The molecule has 1 heterocycles. The third-order valence-corrected chi connectivity index (χ3v) is 3.67. The Kier molecular flexibility index (Phi) is 4.00. The average Bonchev–Trinajstić information content (AvgIpc) is 3.39. The first kappa shape index (κ1) is 14.4. The Balaban J connectivity index is 1.85. The van der Waals surface area contributed by atoms with Gasteiger partial charge in [-0.05, 0) is 30.5 Å². The van der Waals surface area contributed by atoms with E-state index in [1.807, 2.05) is 12.1 Å². The minimum absolute atomic E-state index is 0.141. The zero-order valence-electron chi connectivity index (χ0n) is 12.7. The lowest BCUT2D eigenvalue weighted by Gasteiger charge is -2.23. The van der Waals surface area contributed by atoms with Crippen LogP contribution in [0.3, 0.4) is 0 Å². The van der Waals surface area contributed by atoms with E-state index in [-0.39, 0.29) is 5.75 Å². The highest BCUT2D eigenvalue weighted by Crippen LogP contribution is 2.33. The smallest absolute Gasteiger partial charge is 0.229 e. The van der Waals surface area contributed by atoms with Crippen molar-refractivity contribution in [2.75, 3.05) is 19.1 Å². The van der Waals surface area contributed by atoms with Crippen LogP contribution < -0.4 is 14.4 Å². The summed E-state index contributed by atoms with van der Waals surface area (Å²) < 4.78 is 10.3. The Bertz CT molecular complexity index is 659. The lowest BCUT2D eigenvalue weighted by Crippen LogP contribution is -2.27. The lowest BCUT2D eigenvalue weighted by atomic mass is 10.2. The molecule has 116 valence electrons. The quantitative estimate of drug-likeness (QED) is 0.883. The molecule has 1 aromatic heterocycles. The topological polar surface area (TPSA) is 67.7 Å². The number of ether oxygens (including phenoxy) is 2. The number of anilines is 1. The Morgan fingerprint density at radius 1 is 1.23 bits per heavy atom. The largest absolute Gasteiger partial charge is 0.504 e. The molecule has 2 aromatic rings. The molecule has 6 nitrogen and oxygen atoms in total. The van der Waals surface area contributed by atoms with E-state index in [4.69, 9.17) is 9.47 Å². The monoisotopic (exact) mass is 301 g/mol. The molecule has 0 atom stereocenters. The molecule has 22 heavy (non-hydrogen) atoms. The predicted molar refractivity (Wildman–Crippen MR) is 82.4 cm³/mol. The first-order valence-electron chi connectivity index (χ1n) is 7.21. The molecule has 0 bridgehead atoms. The van der Waals surface area contributed by atoms with Gasteiger partial charge in [0.25, 0.3) is 0 Å². The number of hydrogen-bond donors (Lipinski definition) is 1. The average molecular weight is 301 g/mol. The number of benzene rings is 1. The van der Waals surface area contributed by atoms with Crippen molar-refractivity contribution >= 4 is 5.95 Å². The van der Waals surface area contributed by atoms with Crippen molar-refractivity contribution in [3.8, 4) is 17.4 Å². The van der Waals surface area contributed by atoms with Crippen molar-refractivity contribution in [3.05, 3.63) is 36.0 Å². The summed E-state index contributed by atoms with van der Waals surface area (Å²) in [5.41, 5.74) is 1.04. The van der Waals surface area contributed by atoms with Gasteiger partial charge in [-0.3, -0.25) is 0 Å². The first-order valence-corrected chi connectivity index (χ1v) is 7.21. The van der Waals surface area contributed by atoms with Crippen LogP contribution in [0, 0.1) is 0 Å². The van der Waals surface area contributed by atoms with Crippen LogP contribution in [0.1, 0.15) is 18.4 Å². The minimum atomic E-state index is 0.141. The van der Waals surface area contributed by atoms with Gasteiger partial charge in [0.2, 0.25) is 11.8 Å². The summed E-state index contributed by atoms with van der Waals surface area (Å²) in [4.78, 5) is 10.9. The van der Waals surface area contributed by atoms with E-state index in [0.29, 0.717) is 30.2 Å². The molecule has 1 fully saturated rings. The fourth-order valence-electron chi connectivity index (χ4n) is 2.35. The van der Waals surface area contributed by atoms with E-state index in [0.717, 1.165) is 18.4 Å². The summed E-state index contributed by atoms with van der Waals surface area (Å²) in [5.74, 6) is 1.83. The summed E-state index contributed by atoms with van der Waals surface area (Å²) in [6.45, 7) is 0.661. The fraction of sp³-hybridized carbons (Fsp3) is 0.375. The summed E-state index contributed by atoms with van der Waals surface area (Å²) in [7, 11) is 3.14.